The Hall–Kier alpha value is -4.16. The second-order valence-electron chi connectivity index (χ2n) is 7.56. The molecule has 0 bridgehead atoms. The van der Waals surface area contributed by atoms with Crippen LogP contribution in [0.4, 0.5) is 27.8 Å². The number of carbonyl (C=O) groups is 1. The van der Waals surface area contributed by atoms with Crippen molar-refractivity contribution in [1.29, 1.82) is 0 Å². The molecule has 1 aromatic carbocycles. The number of allylic oxidation sites excluding steroid dienone is 1. The van der Waals surface area contributed by atoms with Crippen LogP contribution in [0.3, 0.4) is 0 Å². The first kappa shape index (κ1) is 24.0. The molecule has 0 spiro atoms. The SMILES string of the molecule is NC(=O)C(CNc1nc(-c2cc(C3=NCC=C3)n(Cc3ccccc3F)n2)ncc1F)C(F)(F)F. The van der Waals surface area contributed by atoms with Crippen LogP contribution in [0.15, 0.2) is 53.7 Å². The summed E-state index contributed by atoms with van der Waals surface area (Å²) in [6.45, 7) is -0.509. The molecule has 0 fully saturated rings. The van der Waals surface area contributed by atoms with Crippen LogP contribution in [0.25, 0.3) is 11.5 Å². The minimum atomic E-state index is -4.92. The standard InChI is InChI=1S/C22H18F5N7O/c23-14-5-2-1-4-12(14)11-34-18(16-6-3-7-29-16)8-17(33-34)21-31-10-15(24)20(32-21)30-9-13(19(28)35)22(25,26)27/h1-6,8,10,13H,7,9,11H2,(H2,28,35)(H,30,31,32). The summed E-state index contributed by atoms with van der Waals surface area (Å²) in [5.74, 6) is -6.28. The van der Waals surface area contributed by atoms with Crippen molar-refractivity contribution in [1.82, 2.24) is 19.7 Å². The van der Waals surface area contributed by atoms with E-state index in [1.807, 2.05) is 6.08 Å². The molecule has 0 saturated carbocycles. The van der Waals surface area contributed by atoms with E-state index in [4.69, 9.17) is 5.73 Å². The van der Waals surface area contributed by atoms with Gasteiger partial charge in [0.1, 0.15) is 11.5 Å². The lowest BCUT2D eigenvalue weighted by molar-refractivity contribution is -0.177. The Labute approximate surface area is 195 Å². The Bertz CT molecular complexity index is 1320. The van der Waals surface area contributed by atoms with Crippen LogP contribution in [-0.2, 0) is 11.3 Å². The number of anilines is 1. The van der Waals surface area contributed by atoms with Gasteiger partial charge < -0.3 is 11.1 Å². The molecule has 3 aromatic rings. The molecule has 13 heteroatoms. The highest BCUT2D eigenvalue weighted by molar-refractivity contribution is 6.09. The van der Waals surface area contributed by atoms with Crippen LogP contribution >= 0.6 is 0 Å². The lowest BCUT2D eigenvalue weighted by Crippen LogP contribution is -2.40. The van der Waals surface area contributed by atoms with Gasteiger partial charge in [0.2, 0.25) is 5.91 Å². The predicted molar refractivity (Wildman–Crippen MR) is 116 cm³/mol. The normalized spacial score (nSPS) is 14.1. The predicted octanol–water partition coefficient (Wildman–Crippen LogP) is 3.10. The van der Waals surface area contributed by atoms with Crippen molar-refractivity contribution in [3.63, 3.8) is 0 Å². The van der Waals surface area contributed by atoms with Gasteiger partial charge >= 0.3 is 6.18 Å². The Kier molecular flexibility index (Phi) is 6.58. The molecule has 0 aliphatic carbocycles. The van der Waals surface area contributed by atoms with Crippen LogP contribution in [0, 0.1) is 17.6 Å². The minimum absolute atomic E-state index is 0.0487. The number of amides is 1. The molecule has 3 N–H and O–H groups in total. The highest BCUT2D eigenvalue weighted by atomic mass is 19.4. The van der Waals surface area contributed by atoms with Crippen molar-refractivity contribution in [3.05, 3.63) is 71.6 Å². The fourth-order valence-electron chi connectivity index (χ4n) is 3.37. The number of rotatable bonds is 8. The van der Waals surface area contributed by atoms with Crippen LogP contribution in [0.5, 0.6) is 0 Å². The largest absolute Gasteiger partial charge is 0.402 e. The minimum Gasteiger partial charge on any atom is -0.369 e. The molecule has 1 aliphatic heterocycles. The van der Waals surface area contributed by atoms with Crippen LogP contribution in [-0.4, -0.2) is 50.6 Å². The summed E-state index contributed by atoms with van der Waals surface area (Å²) in [7, 11) is 0. The smallest absolute Gasteiger partial charge is 0.369 e. The molecule has 1 unspecified atom stereocenters. The van der Waals surface area contributed by atoms with Gasteiger partial charge in [-0.05, 0) is 18.2 Å². The van der Waals surface area contributed by atoms with Crippen molar-refractivity contribution in [3.8, 4) is 11.5 Å². The summed E-state index contributed by atoms with van der Waals surface area (Å²) in [5, 5.41) is 6.57. The van der Waals surface area contributed by atoms with Crippen molar-refractivity contribution >= 4 is 17.4 Å². The molecule has 1 amide bonds. The lowest BCUT2D eigenvalue weighted by Gasteiger charge is -2.17. The van der Waals surface area contributed by atoms with E-state index < -0.39 is 42.0 Å². The quantitative estimate of drug-likeness (QED) is 0.471. The van der Waals surface area contributed by atoms with Crippen LogP contribution in [0.1, 0.15) is 11.3 Å². The van der Waals surface area contributed by atoms with Gasteiger partial charge in [0.05, 0.1) is 30.7 Å². The summed E-state index contributed by atoms with van der Waals surface area (Å²) in [6, 6.07) is 7.71. The Balaban J connectivity index is 1.66. The maximum Gasteiger partial charge on any atom is 0.402 e. The molecular weight excluding hydrogens is 473 g/mol. The third-order valence-electron chi connectivity index (χ3n) is 5.15. The molecule has 8 nitrogen and oxygen atoms in total. The monoisotopic (exact) mass is 491 g/mol. The number of aromatic nitrogens is 4. The molecule has 2 aromatic heterocycles. The number of carbonyl (C=O) groups excluding carboxylic acids is 1. The number of hydrogen-bond donors (Lipinski definition) is 2. The third kappa shape index (κ3) is 5.34. The summed E-state index contributed by atoms with van der Waals surface area (Å²) in [6.07, 6.45) is -0.568. The maximum atomic E-state index is 14.2. The first-order valence-electron chi connectivity index (χ1n) is 10.3. The number of halogens is 5. The molecule has 0 saturated heterocycles. The average molecular weight is 491 g/mol. The van der Waals surface area contributed by atoms with E-state index in [2.05, 4.69) is 25.4 Å². The van der Waals surface area contributed by atoms with Crippen molar-refractivity contribution in [2.24, 2.45) is 16.6 Å². The Morgan fingerprint density at radius 2 is 1.97 bits per heavy atom. The van der Waals surface area contributed by atoms with Crippen LogP contribution in [0.2, 0.25) is 0 Å². The van der Waals surface area contributed by atoms with Gasteiger partial charge in [0.25, 0.3) is 0 Å². The highest BCUT2D eigenvalue weighted by Gasteiger charge is 2.43. The molecule has 35 heavy (non-hydrogen) atoms. The maximum absolute atomic E-state index is 14.2. The van der Waals surface area contributed by atoms with Gasteiger partial charge in [0.15, 0.2) is 23.4 Å². The zero-order valence-corrected chi connectivity index (χ0v) is 17.9. The lowest BCUT2D eigenvalue weighted by atomic mass is 10.1. The van der Waals surface area contributed by atoms with E-state index in [9.17, 15) is 26.7 Å². The first-order chi connectivity index (χ1) is 16.6. The zero-order chi connectivity index (χ0) is 25.2. The molecule has 1 aliphatic rings. The number of benzene rings is 1. The zero-order valence-electron chi connectivity index (χ0n) is 17.9. The van der Waals surface area contributed by atoms with Crippen molar-refractivity contribution < 1.29 is 26.7 Å². The molecule has 3 heterocycles. The van der Waals surface area contributed by atoms with E-state index in [0.29, 0.717) is 23.5 Å². The van der Waals surface area contributed by atoms with Gasteiger partial charge in [-0.2, -0.15) is 18.3 Å². The number of aliphatic imine (C=N–C) groups is 1. The van der Waals surface area contributed by atoms with E-state index in [-0.39, 0.29) is 18.1 Å². The van der Waals surface area contributed by atoms with Crippen molar-refractivity contribution in [2.75, 3.05) is 18.4 Å². The third-order valence-corrected chi connectivity index (χ3v) is 5.15. The number of nitrogens with one attached hydrogen (secondary N) is 1. The number of nitrogens with two attached hydrogens (primary N) is 1. The fourth-order valence-corrected chi connectivity index (χ4v) is 3.37. The molecule has 0 radical (unpaired) electrons. The second-order valence-corrected chi connectivity index (χ2v) is 7.56. The topological polar surface area (TPSA) is 111 Å². The van der Waals surface area contributed by atoms with Crippen molar-refractivity contribution in [2.45, 2.75) is 12.7 Å². The van der Waals surface area contributed by atoms with Gasteiger partial charge in [-0.3, -0.25) is 14.5 Å². The summed E-state index contributed by atoms with van der Waals surface area (Å²) in [5.41, 5.74) is 6.43. The summed E-state index contributed by atoms with van der Waals surface area (Å²) < 4.78 is 68.9. The molecule has 4 rings (SSSR count). The number of nitrogens with zero attached hydrogens (tertiary/aromatic N) is 5. The number of alkyl halides is 3. The Morgan fingerprint density at radius 1 is 1.20 bits per heavy atom. The number of primary amides is 1. The van der Waals surface area contributed by atoms with Gasteiger partial charge in [-0.25, -0.2) is 18.7 Å². The molecule has 182 valence electrons. The van der Waals surface area contributed by atoms with Gasteiger partial charge in [-0.1, -0.05) is 24.3 Å². The second kappa shape index (κ2) is 9.60. The Morgan fingerprint density at radius 3 is 2.63 bits per heavy atom. The highest BCUT2D eigenvalue weighted by Crippen LogP contribution is 2.27. The molecular formula is C22H18F5N7O. The van der Waals surface area contributed by atoms with Gasteiger partial charge in [-0.15, -0.1) is 0 Å². The summed E-state index contributed by atoms with van der Waals surface area (Å²) in [4.78, 5) is 23.3. The van der Waals surface area contributed by atoms with E-state index >= 15 is 0 Å². The molecule has 1 atom stereocenters. The van der Waals surface area contributed by atoms with Crippen LogP contribution < -0.4 is 11.1 Å². The van der Waals surface area contributed by atoms with E-state index in [0.717, 1.165) is 6.20 Å². The van der Waals surface area contributed by atoms with E-state index in [1.165, 1.54) is 10.7 Å². The fraction of sp³-hybridized carbons (Fsp3) is 0.227. The summed E-state index contributed by atoms with van der Waals surface area (Å²) >= 11 is 0. The van der Waals surface area contributed by atoms with E-state index in [1.54, 1.807) is 30.3 Å². The average Bonchev–Trinajstić information content (AvgIpc) is 3.45. The first-order valence-corrected chi connectivity index (χ1v) is 10.3. The van der Waals surface area contributed by atoms with Gasteiger partial charge in [0, 0.05) is 12.1 Å². The number of hydrogen-bond acceptors (Lipinski definition) is 6.